The maximum atomic E-state index is 5.91. The zero-order chi connectivity index (χ0) is 16.4. The number of nitrogens with two attached hydrogens (primary N) is 1. The standard InChI is InChI=1S/C18H26N5/c1-14-10-17(4-5-18(14)19)23-7-6-16(12-23)20-15(2)11-22-9-8-21(3)13-22/h4-5,8-10,13,16,20H,2,6-7,11-12,19H2,1,3H3/q+1. The first kappa shape index (κ1) is 15.5. The first-order valence-electron chi connectivity index (χ1n) is 8.07. The van der Waals surface area contributed by atoms with Gasteiger partial charge in [-0.2, -0.15) is 0 Å². The highest BCUT2D eigenvalue weighted by Crippen LogP contribution is 2.24. The SMILES string of the molecule is C=C(Cn1cc[n+](C)c1)NC1CCN(c2ccc(N)c(C)c2)C1. The first-order valence-corrected chi connectivity index (χ1v) is 8.07. The topological polar surface area (TPSA) is 50.1 Å². The van der Waals surface area contributed by atoms with Crippen LogP contribution in [0.1, 0.15) is 12.0 Å². The van der Waals surface area contributed by atoms with E-state index < -0.39 is 0 Å². The van der Waals surface area contributed by atoms with Crippen molar-refractivity contribution in [3.8, 4) is 0 Å². The summed E-state index contributed by atoms with van der Waals surface area (Å²) in [5, 5.41) is 3.57. The molecule has 5 heteroatoms. The minimum absolute atomic E-state index is 0.449. The van der Waals surface area contributed by atoms with Crippen LogP contribution < -0.4 is 20.5 Å². The fourth-order valence-corrected chi connectivity index (χ4v) is 3.12. The van der Waals surface area contributed by atoms with Gasteiger partial charge in [0.05, 0.1) is 7.05 Å². The number of nitrogen functional groups attached to an aromatic ring is 1. The molecule has 23 heavy (non-hydrogen) atoms. The molecule has 0 spiro atoms. The molecule has 1 fully saturated rings. The predicted molar refractivity (Wildman–Crippen MR) is 94.1 cm³/mol. The summed E-state index contributed by atoms with van der Waals surface area (Å²) in [6.07, 6.45) is 7.28. The van der Waals surface area contributed by atoms with E-state index in [0.717, 1.165) is 43.0 Å². The van der Waals surface area contributed by atoms with E-state index >= 15 is 0 Å². The number of rotatable bonds is 5. The van der Waals surface area contributed by atoms with Gasteiger partial charge in [-0.05, 0) is 37.1 Å². The van der Waals surface area contributed by atoms with E-state index in [0.29, 0.717) is 6.04 Å². The zero-order valence-electron chi connectivity index (χ0n) is 14.0. The summed E-state index contributed by atoms with van der Waals surface area (Å²) in [5.41, 5.74) is 10.2. The summed E-state index contributed by atoms with van der Waals surface area (Å²) in [6, 6.07) is 6.73. The van der Waals surface area contributed by atoms with E-state index in [1.165, 1.54) is 5.69 Å². The quantitative estimate of drug-likeness (QED) is 0.651. The Bertz CT molecular complexity index is 703. The van der Waals surface area contributed by atoms with Gasteiger partial charge in [0.15, 0.2) is 0 Å². The molecule has 1 unspecified atom stereocenters. The molecule has 1 aliphatic heterocycles. The van der Waals surface area contributed by atoms with Crippen LogP contribution in [0.15, 0.2) is 49.2 Å². The number of anilines is 2. The average Bonchev–Trinajstić information content (AvgIpc) is 3.11. The lowest BCUT2D eigenvalue weighted by atomic mass is 10.2. The lowest BCUT2D eigenvalue weighted by Gasteiger charge is -2.20. The molecule has 2 heterocycles. The van der Waals surface area contributed by atoms with E-state index in [1.54, 1.807) is 0 Å². The lowest BCUT2D eigenvalue weighted by molar-refractivity contribution is -0.671. The van der Waals surface area contributed by atoms with Gasteiger partial charge in [-0.3, -0.25) is 0 Å². The largest absolute Gasteiger partial charge is 0.399 e. The van der Waals surface area contributed by atoms with Crippen molar-refractivity contribution in [1.29, 1.82) is 0 Å². The lowest BCUT2D eigenvalue weighted by Crippen LogP contribution is -2.33. The molecule has 1 aromatic heterocycles. The minimum atomic E-state index is 0.449. The number of hydrogen-bond acceptors (Lipinski definition) is 3. The average molecular weight is 312 g/mol. The molecule has 0 radical (unpaired) electrons. The Morgan fingerprint density at radius 2 is 2.30 bits per heavy atom. The second kappa shape index (κ2) is 6.36. The van der Waals surface area contributed by atoms with Gasteiger partial charge >= 0.3 is 0 Å². The normalized spacial score (nSPS) is 17.5. The molecule has 3 rings (SSSR count). The molecule has 0 amide bonds. The zero-order valence-corrected chi connectivity index (χ0v) is 14.0. The Labute approximate surface area is 138 Å². The van der Waals surface area contributed by atoms with E-state index in [4.69, 9.17) is 5.73 Å². The van der Waals surface area contributed by atoms with Crippen molar-refractivity contribution in [3.05, 3.63) is 54.8 Å². The van der Waals surface area contributed by atoms with E-state index in [9.17, 15) is 0 Å². The molecule has 1 aromatic carbocycles. The Kier molecular flexibility index (Phi) is 4.28. The highest BCUT2D eigenvalue weighted by atomic mass is 15.2. The maximum Gasteiger partial charge on any atom is 0.243 e. The van der Waals surface area contributed by atoms with Crippen molar-refractivity contribution in [2.75, 3.05) is 23.7 Å². The Balaban J connectivity index is 1.55. The number of benzene rings is 1. The van der Waals surface area contributed by atoms with Crippen LogP contribution in [0, 0.1) is 6.92 Å². The van der Waals surface area contributed by atoms with Gasteiger partial charge in [-0.15, -0.1) is 0 Å². The highest BCUT2D eigenvalue weighted by molar-refractivity contribution is 5.58. The summed E-state index contributed by atoms with van der Waals surface area (Å²) >= 11 is 0. The molecule has 1 saturated heterocycles. The molecule has 0 bridgehead atoms. The minimum Gasteiger partial charge on any atom is -0.399 e. The number of allylic oxidation sites excluding steroid dienone is 1. The van der Waals surface area contributed by atoms with E-state index in [2.05, 4.69) is 52.9 Å². The number of nitrogens with one attached hydrogen (secondary N) is 1. The fraction of sp³-hybridized carbons (Fsp3) is 0.389. The van der Waals surface area contributed by atoms with E-state index in [1.807, 2.05) is 23.9 Å². The third kappa shape index (κ3) is 3.67. The van der Waals surface area contributed by atoms with Gasteiger partial charge in [0.25, 0.3) is 0 Å². The van der Waals surface area contributed by atoms with Gasteiger partial charge in [0.2, 0.25) is 6.33 Å². The van der Waals surface area contributed by atoms with Crippen molar-refractivity contribution in [1.82, 2.24) is 9.88 Å². The second-order valence-corrected chi connectivity index (χ2v) is 6.47. The molecular formula is C18H26N5+. The van der Waals surface area contributed by atoms with Gasteiger partial charge in [0.1, 0.15) is 18.9 Å². The number of imidazole rings is 1. The Morgan fingerprint density at radius 3 is 3.00 bits per heavy atom. The van der Waals surface area contributed by atoms with Gasteiger partial charge in [-0.1, -0.05) is 6.58 Å². The molecule has 0 aliphatic carbocycles. The molecule has 2 aromatic rings. The monoisotopic (exact) mass is 312 g/mol. The molecular weight excluding hydrogens is 286 g/mol. The number of aromatic nitrogens is 2. The van der Waals surface area contributed by atoms with E-state index in [-0.39, 0.29) is 0 Å². The second-order valence-electron chi connectivity index (χ2n) is 6.47. The summed E-state index contributed by atoms with van der Waals surface area (Å²) in [6.45, 7) is 9.10. The Morgan fingerprint density at radius 1 is 1.48 bits per heavy atom. The van der Waals surface area contributed by atoms with Crippen LogP contribution in [0.4, 0.5) is 11.4 Å². The summed E-state index contributed by atoms with van der Waals surface area (Å²) in [7, 11) is 2.02. The summed E-state index contributed by atoms with van der Waals surface area (Å²) < 4.78 is 4.17. The van der Waals surface area contributed by atoms with Gasteiger partial charge in [-0.25, -0.2) is 9.13 Å². The van der Waals surface area contributed by atoms with Crippen molar-refractivity contribution in [2.45, 2.75) is 25.9 Å². The van der Waals surface area contributed by atoms with Crippen LogP contribution in [-0.4, -0.2) is 23.7 Å². The Hall–Kier alpha value is -2.43. The van der Waals surface area contributed by atoms with Crippen LogP contribution in [0.2, 0.25) is 0 Å². The smallest absolute Gasteiger partial charge is 0.243 e. The van der Waals surface area contributed by atoms with Crippen LogP contribution in [0.5, 0.6) is 0 Å². The van der Waals surface area contributed by atoms with Crippen LogP contribution >= 0.6 is 0 Å². The van der Waals surface area contributed by atoms with Crippen molar-refractivity contribution in [3.63, 3.8) is 0 Å². The van der Waals surface area contributed by atoms with Crippen molar-refractivity contribution in [2.24, 2.45) is 7.05 Å². The first-order chi connectivity index (χ1) is 11.0. The van der Waals surface area contributed by atoms with Crippen LogP contribution in [0.3, 0.4) is 0 Å². The van der Waals surface area contributed by atoms with Gasteiger partial charge < -0.3 is 16.0 Å². The summed E-state index contributed by atoms with van der Waals surface area (Å²) in [4.78, 5) is 2.41. The number of aryl methyl sites for hydroxylation is 2. The molecule has 122 valence electrons. The third-order valence-corrected chi connectivity index (χ3v) is 4.41. The van der Waals surface area contributed by atoms with Crippen molar-refractivity contribution < 1.29 is 4.57 Å². The fourth-order valence-electron chi connectivity index (χ4n) is 3.12. The van der Waals surface area contributed by atoms with Crippen LogP contribution in [-0.2, 0) is 13.6 Å². The highest BCUT2D eigenvalue weighted by Gasteiger charge is 2.23. The number of hydrogen-bond donors (Lipinski definition) is 2. The maximum absolute atomic E-state index is 5.91. The molecule has 1 aliphatic rings. The molecule has 3 N–H and O–H groups in total. The van der Waals surface area contributed by atoms with Gasteiger partial charge in [0, 0.05) is 36.2 Å². The van der Waals surface area contributed by atoms with Crippen molar-refractivity contribution >= 4 is 11.4 Å². The molecule has 0 saturated carbocycles. The van der Waals surface area contributed by atoms with Crippen LogP contribution in [0.25, 0.3) is 0 Å². The third-order valence-electron chi connectivity index (χ3n) is 4.41. The predicted octanol–water partition coefficient (Wildman–Crippen LogP) is 1.59. The molecule has 5 nitrogen and oxygen atoms in total. The number of nitrogens with zero attached hydrogens (tertiary/aromatic N) is 3. The molecule has 1 atom stereocenters. The summed E-state index contributed by atoms with van der Waals surface area (Å²) in [5.74, 6) is 0.